The topological polar surface area (TPSA) is 54.7 Å². The van der Waals surface area contributed by atoms with Crippen LogP contribution >= 0.6 is 0 Å². The Hall–Kier alpha value is -1.75. The third kappa shape index (κ3) is 1.71. The summed E-state index contributed by atoms with van der Waals surface area (Å²) in [6.07, 6.45) is 3.68. The number of halogens is 2. The first-order valence-corrected chi connectivity index (χ1v) is 5.86. The lowest BCUT2D eigenvalue weighted by atomic mass is 10.1. The molecule has 1 aromatic heterocycles. The van der Waals surface area contributed by atoms with Crippen molar-refractivity contribution < 1.29 is 8.78 Å². The van der Waals surface area contributed by atoms with Gasteiger partial charge in [-0.15, -0.1) is 0 Å². The van der Waals surface area contributed by atoms with Crippen LogP contribution in [0.25, 0.3) is 11.3 Å². The summed E-state index contributed by atoms with van der Waals surface area (Å²) in [5.41, 5.74) is 6.96. The van der Waals surface area contributed by atoms with Gasteiger partial charge < -0.3 is 10.7 Å². The lowest BCUT2D eigenvalue weighted by Crippen LogP contribution is -2.21. The highest BCUT2D eigenvalue weighted by atomic mass is 19.2. The Morgan fingerprint density at radius 2 is 2.06 bits per heavy atom. The smallest absolute Gasteiger partial charge is 0.159 e. The Kier molecular flexibility index (Phi) is 2.45. The van der Waals surface area contributed by atoms with Crippen LogP contribution in [0.1, 0.15) is 18.7 Å². The van der Waals surface area contributed by atoms with Gasteiger partial charge in [-0.05, 0) is 31.0 Å². The van der Waals surface area contributed by atoms with Crippen molar-refractivity contribution in [3.8, 4) is 11.3 Å². The number of nitrogens with one attached hydrogen (secondary N) is 1. The second kappa shape index (κ2) is 3.88. The van der Waals surface area contributed by atoms with Crippen LogP contribution in [0.3, 0.4) is 0 Å². The Morgan fingerprint density at radius 1 is 1.28 bits per heavy atom. The van der Waals surface area contributed by atoms with E-state index in [0.29, 0.717) is 17.8 Å². The zero-order chi connectivity index (χ0) is 12.8. The van der Waals surface area contributed by atoms with Crippen LogP contribution in [0.4, 0.5) is 8.78 Å². The standard InChI is InChI=1S/C13H13F2N3/c14-9-2-1-8(5-10(9)15)11-6-17-12(18-11)13(7-16)3-4-13/h1-2,5-6H,3-4,7,16H2,(H,17,18). The number of imidazole rings is 1. The number of H-pyrrole nitrogens is 1. The summed E-state index contributed by atoms with van der Waals surface area (Å²) in [6, 6.07) is 3.80. The highest BCUT2D eigenvalue weighted by molar-refractivity contribution is 5.58. The molecule has 1 heterocycles. The maximum absolute atomic E-state index is 13.2. The second-order valence-electron chi connectivity index (χ2n) is 4.76. The van der Waals surface area contributed by atoms with Crippen LogP contribution < -0.4 is 5.73 Å². The van der Waals surface area contributed by atoms with Gasteiger partial charge in [-0.1, -0.05) is 0 Å². The molecule has 94 valence electrons. The summed E-state index contributed by atoms with van der Waals surface area (Å²) < 4.78 is 26.0. The summed E-state index contributed by atoms with van der Waals surface area (Å²) in [5, 5.41) is 0. The quantitative estimate of drug-likeness (QED) is 0.877. The van der Waals surface area contributed by atoms with E-state index in [9.17, 15) is 8.78 Å². The normalized spacial score (nSPS) is 16.8. The third-order valence-electron chi connectivity index (χ3n) is 3.55. The maximum Gasteiger partial charge on any atom is 0.159 e. The second-order valence-corrected chi connectivity index (χ2v) is 4.76. The lowest BCUT2D eigenvalue weighted by Gasteiger charge is -2.07. The molecule has 0 unspecified atom stereocenters. The van der Waals surface area contributed by atoms with E-state index in [1.54, 1.807) is 6.20 Å². The zero-order valence-electron chi connectivity index (χ0n) is 9.71. The molecule has 0 amide bonds. The van der Waals surface area contributed by atoms with Gasteiger partial charge in [-0.2, -0.15) is 0 Å². The van der Waals surface area contributed by atoms with Gasteiger partial charge >= 0.3 is 0 Å². The van der Waals surface area contributed by atoms with Crippen LogP contribution in [0, 0.1) is 11.6 Å². The van der Waals surface area contributed by atoms with E-state index < -0.39 is 11.6 Å². The average Bonchev–Trinajstić information content (AvgIpc) is 3.02. The van der Waals surface area contributed by atoms with Crippen LogP contribution in [-0.4, -0.2) is 16.5 Å². The van der Waals surface area contributed by atoms with Crippen LogP contribution in [0.2, 0.25) is 0 Å². The fourth-order valence-electron chi connectivity index (χ4n) is 2.09. The fourth-order valence-corrected chi connectivity index (χ4v) is 2.09. The minimum atomic E-state index is -0.858. The van der Waals surface area contributed by atoms with Crippen LogP contribution in [-0.2, 0) is 5.41 Å². The predicted octanol–water partition coefficient (Wildman–Crippen LogP) is 2.35. The summed E-state index contributed by atoms with van der Waals surface area (Å²) in [6.45, 7) is 0.553. The molecule has 0 spiro atoms. The maximum atomic E-state index is 13.2. The van der Waals surface area contributed by atoms with Crippen LogP contribution in [0.5, 0.6) is 0 Å². The fraction of sp³-hybridized carbons (Fsp3) is 0.308. The summed E-state index contributed by atoms with van der Waals surface area (Å²) in [5.74, 6) is -0.868. The number of aromatic amines is 1. The molecule has 3 rings (SSSR count). The van der Waals surface area contributed by atoms with E-state index in [1.807, 2.05) is 0 Å². The van der Waals surface area contributed by atoms with E-state index in [4.69, 9.17) is 5.73 Å². The van der Waals surface area contributed by atoms with Gasteiger partial charge in [0, 0.05) is 17.5 Å². The molecular formula is C13H13F2N3. The SMILES string of the molecule is NCC1(c2ncc(-c3ccc(F)c(F)c3)[nH]2)CC1. The highest BCUT2D eigenvalue weighted by Gasteiger charge is 2.45. The van der Waals surface area contributed by atoms with Crippen molar-refractivity contribution in [1.29, 1.82) is 0 Å². The lowest BCUT2D eigenvalue weighted by molar-refractivity contribution is 0.509. The number of hydrogen-bond acceptors (Lipinski definition) is 2. The molecule has 0 atom stereocenters. The number of nitrogens with two attached hydrogens (primary N) is 1. The molecule has 1 fully saturated rings. The van der Waals surface area contributed by atoms with E-state index in [2.05, 4.69) is 9.97 Å². The Labute approximate surface area is 103 Å². The number of benzene rings is 1. The molecule has 0 aliphatic heterocycles. The average molecular weight is 249 g/mol. The zero-order valence-corrected chi connectivity index (χ0v) is 9.71. The van der Waals surface area contributed by atoms with Crippen molar-refractivity contribution in [2.75, 3.05) is 6.54 Å². The molecule has 1 aliphatic carbocycles. The van der Waals surface area contributed by atoms with Crippen molar-refractivity contribution in [2.24, 2.45) is 5.73 Å². The summed E-state index contributed by atoms with van der Waals surface area (Å²) in [4.78, 5) is 7.45. The first kappa shape index (κ1) is 11.3. The monoisotopic (exact) mass is 249 g/mol. The number of hydrogen-bond donors (Lipinski definition) is 2. The van der Waals surface area contributed by atoms with Gasteiger partial charge in [0.2, 0.25) is 0 Å². The first-order valence-electron chi connectivity index (χ1n) is 5.86. The Balaban J connectivity index is 1.95. The van der Waals surface area contributed by atoms with Gasteiger partial charge in [0.15, 0.2) is 11.6 Å². The van der Waals surface area contributed by atoms with E-state index >= 15 is 0 Å². The van der Waals surface area contributed by atoms with Gasteiger partial charge in [0.05, 0.1) is 11.9 Å². The van der Waals surface area contributed by atoms with Crippen molar-refractivity contribution in [2.45, 2.75) is 18.3 Å². The molecule has 2 aromatic rings. The minimum absolute atomic E-state index is 0.0309. The molecule has 5 heteroatoms. The molecule has 1 aromatic carbocycles. The molecule has 18 heavy (non-hydrogen) atoms. The predicted molar refractivity (Wildman–Crippen MR) is 63.9 cm³/mol. The molecule has 0 bridgehead atoms. The molecular weight excluding hydrogens is 236 g/mol. The molecule has 3 N–H and O–H groups in total. The van der Waals surface area contributed by atoms with E-state index in [0.717, 1.165) is 30.8 Å². The Morgan fingerprint density at radius 3 is 2.67 bits per heavy atom. The summed E-state index contributed by atoms with van der Waals surface area (Å²) in [7, 11) is 0. The Bertz CT molecular complexity index is 588. The van der Waals surface area contributed by atoms with Gasteiger partial charge in [-0.3, -0.25) is 0 Å². The van der Waals surface area contributed by atoms with Crippen molar-refractivity contribution in [1.82, 2.24) is 9.97 Å². The number of nitrogens with zero attached hydrogens (tertiary/aromatic N) is 1. The molecule has 1 saturated carbocycles. The largest absolute Gasteiger partial charge is 0.341 e. The van der Waals surface area contributed by atoms with E-state index in [1.165, 1.54) is 6.07 Å². The van der Waals surface area contributed by atoms with Crippen LogP contribution in [0.15, 0.2) is 24.4 Å². The van der Waals surface area contributed by atoms with E-state index in [-0.39, 0.29) is 5.41 Å². The molecule has 0 saturated heterocycles. The first-order chi connectivity index (χ1) is 8.64. The number of aromatic nitrogens is 2. The highest BCUT2D eigenvalue weighted by Crippen LogP contribution is 2.46. The molecule has 1 aliphatic rings. The van der Waals surface area contributed by atoms with Crippen molar-refractivity contribution >= 4 is 0 Å². The molecule has 0 radical (unpaired) electrons. The third-order valence-corrected chi connectivity index (χ3v) is 3.55. The molecule has 3 nitrogen and oxygen atoms in total. The van der Waals surface area contributed by atoms with Gasteiger partial charge in [0.1, 0.15) is 5.82 Å². The van der Waals surface area contributed by atoms with Crippen molar-refractivity contribution in [3.05, 3.63) is 41.9 Å². The van der Waals surface area contributed by atoms with Gasteiger partial charge in [-0.25, -0.2) is 13.8 Å². The van der Waals surface area contributed by atoms with Gasteiger partial charge in [0.25, 0.3) is 0 Å². The minimum Gasteiger partial charge on any atom is -0.341 e. The van der Waals surface area contributed by atoms with Crippen molar-refractivity contribution in [3.63, 3.8) is 0 Å². The summed E-state index contributed by atoms with van der Waals surface area (Å²) >= 11 is 0. The number of rotatable bonds is 3.